The normalized spacial score (nSPS) is 18.9. The van der Waals surface area contributed by atoms with Crippen LogP contribution < -0.4 is 22.1 Å². The van der Waals surface area contributed by atoms with Crippen LogP contribution in [0.25, 0.3) is 0 Å². The first-order valence-electron chi connectivity index (χ1n) is 12.1. The third-order valence-corrected chi connectivity index (χ3v) is 9.17. The van der Waals surface area contributed by atoms with E-state index in [2.05, 4.69) is 24.5 Å². The molecule has 0 spiro atoms. The van der Waals surface area contributed by atoms with Crippen LogP contribution >= 0.6 is 22.7 Å². The van der Waals surface area contributed by atoms with Crippen molar-refractivity contribution in [2.24, 2.45) is 23.3 Å². The Morgan fingerprint density at radius 3 is 1.54 bits per heavy atom. The Hall–Kier alpha value is -2.72. The van der Waals surface area contributed by atoms with Gasteiger partial charge in [-0.2, -0.15) is 0 Å². The summed E-state index contributed by atoms with van der Waals surface area (Å²) in [6.45, 7) is 4.35. The second-order valence-corrected chi connectivity index (χ2v) is 12.0. The highest BCUT2D eigenvalue weighted by Gasteiger charge is 2.28. The van der Waals surface area contributed by atoms with Gasteiger partial charge in [0.1, 0.15) is 10.0 Å². The molecule has 0 radical (unpaired) electrons. The van der Waals surface area contributed by atoms with E-state index >= 15 is 0 Å². The standard InChI is InChI=1S/C25H32N4O4S2/c1-12-6-8-14-16(10-12)34-24(20(14)22(26)32)28-18(30)4-3-5-19(31)29-25-21(23(27)33)15-9-7-13(2)11-17(15)35-25/h12-13H,3-11H2,1-2H3,(H2,26,32)(H2,27,33)(H,28,30)(H,29,31)/t12-,13-/m0/s1. The largest absolute Gasteiger partial charge is 0.365 e. The summed E-state index contributed by atoms with van der Waals surface area (Å²) in [6.07, 6.45) is 5.94. The van der Waals surface area contributed by atoms with Crippen molar-refractivity contribution in [3.8, 4) is 0 Å². The van der Waals surface area contributed by atoms with Gasteiger partial charge in [-0.25, -0.2) is 0 Å². The summed E-state index contributed by atoms with van der Waals surface area (Å²) in [7, 11) is 0. The van der Waals surface area contributed by atoms with Gasteiger partial charge in [0.15, 0.2) is 0 Å². The van der Waals surface area contributed by atoms with Crippen molar-refractivity contribution in [1.82, 2.24) is 0 Å². The highest BCUT2D eigenvalue weighted by atomic mass is 32.1. The van der Waals surface area contributed by atoms with Gasteiger partial charge in [-0.3, -0.25) is 19.2 Å². The Kier molecular flexibility index (Phi) is 7.61. The molecule has 0 saturated carbocycles. The summed E-state index contributed by atoms with van der Waals surface area (Å²) >= 11 is 2.85. The monoisotopic (exact) mass is 516 g/mol. The molecule has 4 amide bonds. The van der Waals surface area contributed by atoms with Crippen LogP contribution in [0, 0.1) is 11.8 Å². The summed E-state index contributed by atoms with van der Waals surface area (Å²) in [5.74, 6) is -0.488. The van der Waals surface area contributed by atoms with Gasteiger partial charge in [-0.05, 0) is 67.9 Å². The Bertz CT molecular complexity index is 1090. The van der Waals surface area contributed by atoms with Crippen LogP contribution in [0.5, 0.6) is 0 Å². The number of nitrogens with two attached hydrogens (primary N) is 2. The Morgan fingerprint density at radius 1 is 0.771 bits per heavy atom. The van der Waals surface area contributed by atoms with Gasteiger partial charge < -0.3 is 22.1 Å². The number of hydrogen-bond acceptors (Lipinski definition) is 6. The van der Waals surface area contributed by atoms with Gasteiger partial charge in [0.25, 0.3) is 11.8 Å². The minimum atomic E-state index is -0.523. The molecule has 10 heteroatoms. The fourth-order valence-corrected chi connectivity index (χ4v) is 7.85. The molecule has 0 saturated heterocycles. The highest BCUT2D eigenvalue weighted by molar-refractivity contribution is 7.17. The van der Waals surface area contributed by atoms with Gasteiger partial charge in [-0.15, -0.1) is 22.7 Å². The lowest BCUT2D eigenvalue weighted by atomic mass is 9.88. The van der Waals surface area contributed by atoms with Crippen LogP contribution in [0.15, 0.2) is 0 Å². The molecule has 2 atom stereocenters. The van der Waals surface area contributed by atoms with Crippen molar-refractivity contribution in [2.45, 2.75) is 71.6 Å². The number of carbonyl (C=O) groups excluding carboxylic acids is 4. The molecule has 0 aromatic carbocycles. The van der Waals surface area contributed by atoms with Crippen molar-refractivity contribution >= 4 is 56.3 Å². The SMILES string of the molecule is C[C@H]1CCc2c(sc(NC(=O)CCCC(=O)Nc3sc4c(c3C(N)=O)CC[C@H](C)C4)c2C(N)=O)C1. The maximum atomic E-state index is 12.6. The second kappa shape index (κ2) is 10.5. The molecule has 4 rings (SSSR count). The van der Waals surface area contributed by atoms with Gasteiger partial charge in [0.2, 0.25) is 11.8 Å². The number of anilines is 2. The molecule has 0 fully saturated rings. The molecule has 0 aliphatic heterocycles. The van der Waals surface area contributed by atoms with Crippen molar-refractivity contribution in [1.29, 1.82) is 0 Å². The molecule has 6 N–H and O–H groups in total. The summed E-state index contributed by atoms with van der Waals surface area (Å²) in [5.41, 5.74) is 14.0. The zero-order valence-corrected chi connectivity index (χ0v) is 21.8. The van der Waals surface area contributed by atoms with Gasteiger partial charge in [0.05, 0.1) is 11.1 Å². The number of carbonyl (C=O) groups is 4. The fraction of sp³-hybridized carbons (Fsp3) is 0.520. The minimum Gasteiger partial charge on any atom is -0.365 e. The van der Waals surface area contributed by atoms with Crippen molar-refractivity contribution in [2.75, 3.05) is 10.6 Å². The summed E-state index contributed by atoms with van der Waals surface area (Å²) in [4.78, 5) is 51.5. The van der Waals surface area contributed by atoms with E-state index in [4.69, 9.17) is 11.5 Å². The van der Waals surface area contributed by atoms with Crippen molar-refractivity contribution in [3.63, 3.8) is 0 Å². The Balaban J connectivity index is 1.33. The average Bonchev–Trinajstić information content (AvgIpc) is 3.29. The number of thiophene rings is 2. The number of primary amides is 2. The maximum Gasteiger partial charge on any atom is 0.251 e. The van der Waals surface area contributed by atoms with Gasteiger partial charge in [-0.1, -0.05) is 13.8 Å². The molecule has 0 bridgehead atoms. The van der Waals surface area contributed by atoms with E-state index in [0.717, 1.165) is 59.4 Å². The predicted molar refractivity (Wildman–Crippen MR) is 139 cm³/mol. The summed E-state index contributed by atoms with van der Waals surface area (Å²) in [5, 5.41) is 6.69. The molecular formula is C25H32N4O4S2. The first-order chi connectivity index (χ1) is 16.6. The summed E-state index contributed by atoms with van der Waals surface area (Å²) < 4.78 is 0. The zero-order valence-electron chi connectivity index (χ0n) is 20.1. The Labute approximate surface area is 212 Å². The van der Waals surface area contributed by atoms with Crippen molar-refractivity contribution in [3.05, 3.63) is 32.0 Å². The fourth-order valence-electron chi connectivity index (χ4n) is 4.99. The molecule has 2 aromatic heterocycles. The van der Waals surface area contributed by atoms with Crippen LogP contribution in [0.2, 0.25) is 0 Å². The smallest absolute Gasteiger partial charge is 0.251 e. The first-order valence-corrected chi connectivity index (χ1v) is 13.8. The van der Waals surface area contributed by atoms with Crippen LogP contribution in [-0.4, -0.2) is 23.6 Å². The lowest BCUT2D eigenvalue weighted by Crippen LogP contribution is -2.20. The number of rotatable bonds is 8. The number of amides is 4. The molecule has 2 aliphatic carbocycles. The van der Waals surface area contributed by atoms with Gasteiger partial charge >= 0.3 is 0 Å². The van der Waals surface area contributed by atoms with E-state index < -0.39 is 11.8 Å². The van der Waals surface area contributed by atoms with E-state index in [1.165, 1.54) is 22.7 Å². The van der Waals surface area contributed by atoms with Crippen LogP contribution in [-0.2, 0) is 35.3 Å². The molecule has 2 aromatic rings. The van der Waals surface area contributed by atoms with E-state index in [1.54, 1.807) is 0 Å². The quantitative estimate of drug-likeness (QED) is 0.420. The predicted octanol–water partition coefficient (Wildman–Crippen LogP) is 4.00. The Morgan fingerprint density at radius 2 is 1.17 bits per heavy atom. The third-order valence-electron chi connectivity index (χ3n) is 6.83. The number of fused-ring (bicyclic) bond motifs is 2. The van der Waals surface area contributed by atoms with Crippen LogP contribution in [0.1, 0.15) is 87.5 Å². The molecule has 2 aliphatic rings. The van der Waals surface area contributed by atoms with Gasteiger partial charge in [0, 0.05) is 22.6 Å². The zero-order chi connectivity index (χ0) is 25.3. The minimum absolute atomic E-state index is 0.131. The van der Waals surface area contributed by atoms with Crippen molar-refractivity contribution < 1.29 is 19.2 Å². The average molecular weight is 517 g/mol. The van der Waals surface area contributed by atoms with E-state index in [0.29, 0.717) is 39.4 Å². The lowest BCUT2D eigenvalue weighted by molar-refractivity contribution is -0.117. The molecule has 0 unspecified atom stereocenters. The maximum absolute atomic E-state index is 12.6. The molecule has 35 heavy (non-hydrogen) atoms. The van der Waals surface area contributed by atoms with E-state index in [9.17, 15) is 19.2 Å². The van der Waals surface area contributed by atoms with E-state index in [1.807, 2.05) is 0 Å². The summed E-state index contributed by atoms with van der Waals surface area (Å²) in [6, 6.07) is 0. The lowest BCUT2D eigenvalue weighted by Gasteiger charge is -2.18. The number of nitrogens with one attached hydrogen (secondary N) is 2. The molecule has 8 nitrogen and oxygen atoms in total. The highest BCUT2D eigenvalue weighted by Crippen LogP contribution is 2.40. The second-order valence-electron chi connectivity index (χ2n) is 9.79. The molecule has 188 valence electrons. The van der Waals surface area contributed by atoms with E-state index in [-0.39, 0.29) is 24.7 Å². The molecular weight excluding hydrogens is 484 g/mol. The first kappa shape index (κ1) is 25.4. The molecule has 2 heterocycles. The van der Waals surface area contributed by atoms with Crippen LogP contribution in [0.3, 0.4) is 0 Å². The van der Waals surface area contributed by atoms with Crippen LogP contribution in [0.4, 0.5) is 10.0 Å². The topological polar surface area (TPSA) is 144 Å². The third kappa shape index (κ3) is 5.59. The number of hydrogen-bond donors (Lipinski definition) is 4.